The van der Waals surface area contributed by atoms with Crippen LogP contribution in [0.5, 0.6) is 5.75 Å². The van der Waals surface area contributed by atoms with Crippen LogP contribution >= 0.6 is 0 Å². The van der Waals surface area contributed by atoms with E-state index in [1.165, 1.54) is 46.8 Å². The molecular formula is C28H31F2N3O5S. The molecule has 1 saturated heterocycles. The van der Waals surface area contributed by atoms with Gasteiger partial charge in [0.2, 0.25) is 10.0 Å². The van der Waals surface area contributed by atoms with Crippen molar-refractivity contribution in [3.05, 3.63) is 95.1 Å². The Kier molecular flexibility index (Phi) is 9.28. The topological polar surface area (TPSA) is 119 Å². The van der Waals surface area contributed by atoms with Gasteiger partial charge in [-0.2, -0.15) is 4.31 Å². The quantitative estimate of drug-likeness (QED) is 0.303. The molecule has 11 heteroatoms. The first-order valence-corrected chi connectivity index (χ1v) is 14.1. The fraction of sp³-hybridized carbons (Fsp3) is 0.321. The van der Waals surface area contributed by atoms with Crippen LogP contribution in [0.3, 0.4) is 0 Å². The zero-order chi connectivity index (χ0) is 28.0. The Morgan fingerprint density at radius 1 is 0.974 bits per heavy atom. The highest BCUT2D eigenvalue weighted by Gasteiger charge is 2.29. The number of benzene rings is 3. The lowest BCUT2D eigenvalue weighted by molar-refractivity contribution is 0.0950. The molecule has 1 atom stereocenters. The number of amides is 1. The zero-order valence-electron chi connectivity index (χ0n) is 21.2. The summed E-state index contributed by atoms with van der Waals surface area (Å²) in [5.74, 6) is -1.71. The highest BCUT2D eigenvalue weighted by Crippen LogP contribution is 2.24. The van der Waals surface area contributed by atoms with Gasteiger partial charge in [0.25, 0.3) is 5.91 Å². The number of nitrogens with zero attached hydrogens (tertiary/aromatic N) is 1. The lowest BCUT2D eigenvalue weighted by Crippen LogP contribution is -2.41. The van der Waals surface area contributed by atoms with Crippen LogP contribution in [0.25, 0.3) is 0 Å². The van der Waals surface area contributed by atoms with Gasteiger partial charge in [-0.3, -0.25) is 4.79 Å². The number of phenols is 1. The summed E-state index contributed by atoms with van der Waals surface area (Å²) in [6.07, 6.45) is 0.611. The molecule has 0 radical (unpaired) electrons. The molecule has 0 unspecified atom stereocenters. The van der Waals surface area contributed by atoms with Gasteiger partial charge in [0.05, 0.1) is 11.0 Å². The fourth-order valence-electron chi connectivity index (χ4n) is 4.49. The average molecular weight is 560 g/mol. The Balaban J connectivity index is 1.25. The maximum absolute atomic E-state index is 13.8. The van der Waals surface area contributed by atoms with Gasteiger partial charge in [-0.25, -0.2) is 17.2 Å². The lowest BCUT2D eigenvalue weighted by atomic mass is 9.98. The van der Waals surface area contributed by atoms with Crippen molar-refractivity contribution < 1.29 is 32.2 Å². The minimum absolute atomic E-state index is 0.0628. The van der Waals surface area contributed by atoms with Crippen molar-refractivity contribution in [2.75, 3.05) is 26.2 Å². The van der Waals surface area contributed by atoms with Gasteiger partial charge in [-0.05, 0) is 79.4 Å². The molecule has 1 aliphatic heterocycles. The van der Waals surface area contributed by atoms with Crippen molar-refractivity contribution in [1.82, 2.24) is 14.9 Å². The standard InChI is InChI=1S/C28H31F2N3O5S/c29-25-2-1-3-26(30)24(25)17-32-28(36)21-6-10-23(11-7-21)39(37,38)33-14-12-19(13-15-33)16-31-18-27(35)20-4-8-22(34)9-5-20/h1-11,19,27,31,34-35H,12-18H2,(H,32,36)/t27-/m0/s1. The van der Waals surface area contributed by atoms with E-state index in [4.69, 9.17) is 0 Å². The fourth-order valence-corrected chi connectivity index (χ4v) is 5.96. The largest absolute Gasteiger partial charge is 0.508 e. The Hall–Kier alpha value is -3.38. The summed E-state index contributed by atoms with van der Waals surface area (Å²) < 4.78 is 55.2. The van der Waals surface area contributed by atoms with Gasteiger partial charge < -0.3 is 20.8 Å². The summed E-state index contributed by atoms with van der Waals surface area (Å²) in [4.78, 5) is 12.5. The van der Waals surface area contributed by atoms with Gasteiger partial charge in [0.15, 0.2) is 0 Å². The van der Waals surface area contributed by atoms with Crippen LogP contribution in [0, 0.1) is 17.6 Å². The molecule has 3 aromatic rings. The first-order valence-electron chi connectivity index (χ1n) is 12.6. The number of aliphatic hydroxyl groups excluding tert-OH is 1. The van der Waals surface area contributed by atoms with E-state index in [0.29, 0.717) is 44.6 Å². The maximum atomic E-state index is 13.8. The van der Waals surface area contributed by atoms with E-state index in [9.17, 15) is 32.2 Å². The molecule has 0 bridgehead atoms. The van der Waals surface area contributed by atoms with E-state index in [1.54, 1.807) is 12.1 Å². The molecule has 0 saturated carbocycles. The first kappa shape index (κ1) is 28.6. The number of sulfonamides is 1. The van der Waals surface area contributed by atoms with Crippen molar-refractivity contribution in [1.29, 1.82) is 0 Å². The van der Waals surface area contributed by atoms with Crippen molar-refractivity contribution in [2.24, 2.45) is 5.92 Å². The first-order chi connectivity index (χ1) is 18.6. The number of hydrogen-bond acceptors (Lipinski definition) is 6. The third kappa shape index (κ3) is 7.18. The molecule has 1 heterocycles. The average Bonchev–Trinajstić information content (AvgIpc) is 2.93. The van der Waals surface area contributed by atoms with E-state index in [-0.39, 0.29) is 34.2 Å². The SMILES string of the molecule is O=C(NCc1c(F)cccc1F)c1ccc(S(=O)(=O)N2CCC(CNC[C@H](O)c3ccc(O)cc3)CC2)cc1. The van der Waals surface area contributed by atoms with Crippen LogP contribution in [-0.4, -0.2) is 55.0 Å². The Morgan fingerprint density at radius 3 is 2.21 bits per heavy atom. The van der Waals surface area contributed by atoms with Crippen LogP contribution in [0.15, 0.2) is 71.6 Å². The van der Waals surface area contributed by atoms with Crippen molar-refractivity contribution >= 4 is 15.9 Å². The van der Waals surface area contributed by atoms with Crippen molar-refractivity contribution in [3.8, 4) is 5.75 Å². The number of rotatable bonds is 10. The second-order valence-corrected chi connectivity index (χ2v) is 11.5. The van der Waals surface area contributed by atoms with Gasteiger partial charge in [-0.15, -0.1) is 0 Å². The monoisotopic (exact) mass is 559 g/mol. The minimum Gasteiger partial charge on any atom is -0.508 e. The summed E-state index contributed by atoms with van der Waals surface area (Å²) >= 11 is 0. The van der Waals surface area contributed by atoms with Crippen LogP contribution in [0.4, 0.5) is 8.78 Å². The summed E-state index contributed by atoms with van der Waals surface area (Å²) in [6.45, 7) is 1.36. The van der Waals surface area contributed by atoms with E-state index >= 15 is 0 Å². The molecule has 3 aromatic carbocycles. The van der Waals surface area contributed by atoms with Crippen molar-refractivity contribution in [2.45, 2.75) is 30.4 Å². The summed E-state index contributed by atoms with van der Waals surface area (Å²) in [5, 5.41) is 25.3. The number of nitrogens with one attached hydrogen (secondary N) is 2. The minimum atomic E-state index is -3.75. The highest BCUT2D eigenvalue weighted by atomic mass is 32.2. The molecule has 4 rings (SSSR count). The Labute approximate surface area is 226 Å². The normalized spacial score (nSPS) is 15.7. The molecule has 4 N–H and O–H groups in total. The van der Waals surface area contributed by atoms with E-state index in [1.807, 2.05) is 0 Å². The van der Waals surface area contributed by atoms with Gasteiger partial charge in [0.1, 0.15) is 17.4 Å². The second kappa shape index (κ2) is 12.6. The number of phenolic OH excluding ortho intramolecular Hbond substituents is 1. The summed E-state index contributed by atoms with van der Waals surface area (Å²) in [6, 6.07) is 15.3. The lowest BCUT2D eigenvalue weighted by Gasteiger charge is -2.31. The molecule has 0 spiro atoms. The molecule has 0 aliphatic carbocycles. The third-order valence-electron chi connectivity index (χ3n) is 6.86. The Morgan fingerprint density at radius 2 is 1.59 bits per heavy atom. The zero-order valence-corrected chi connectivity index (χ0v) is 22.0. The van der Waals surface area contributed by atoms with Gasteiger partial charge >= 0.3 is 0 Å². The van der Waals surface area contributed by atoms with Gasteiger partial charge in [-0.1, -0.05) is 18.2 Å². The third-order valence-corrected chi connectivity index (χ3v) is 8.78. The molecule has 39 heavy (non-hydrogen) atoms. The number of carbonyl (C=O) groups excluding carboxylic acids is 1. The van der Waals surface area contributed by atoms with E-state index in [0.717, 1.165) is 12.1 Å². The summed E-state index contributed by atoms with van der Waals surface area (Å²) in [5.41, 5.74) is 0.617. The molecule has 1 fully saturated rings. The predicted molar refractivity (Wildman–Crippen MR) is 141 cm³/mol. The number of aromatic hydroxyl groups is 1. The number of hydrogen-bond donors (Lipinski definition) is 4. The van der Waals surface area contributed by atoms with Crippen molar-refractivity contribution in [3.63, 3.8) is 0 Å². The summed E-state index contributed by atoms with van der Waals surface area (Å²) in [7, 11) is -3.75. The van der Waals surface area contributed by atoms with Crippen LogP contribution in [-0.2, 0) is 16.6 Å². The van der Waals surface area contributed by atoms with Gasteiger partial charge in [0, 0.05) is 37.3 Å². The van der Waals surface area contributed by atoms with Crippen LogP contribution < -0.4 is 10.6 Å². The molecule has 8 nitrogen and oxygen atoms in total. The molecule has 208 valence electrons. The predicted octanol–water partition coefficient (Wildman–Crippen LogP) is 3.32. The number of halogens is 2. The van der Waals surface area contributed by atoms with Crippen LogP contribution in [0.1, 0.15) is 40.4 Å². The molecular weight excluding hydrogens is 528 g/mol. The number of aliphatic hydroxyl groups is 1. The molecule has 1 amide bonds. The number of carbonyl (C=O) groups is 1. The smallest absolute Gasteiger partial charge is 0.251 e. The highest BCUT2D eigenvalue weighted by molar-refractivity contribution is 7.89. The second-order valence-electron chi connectivity index (χ2n) is 9.52. The van der Waals surface area contributed by atoms with Crippen LogP contribution in [0.2, 0.25) is 0 Å². The van der Waals surface area contributed by atoms with E-state index in [2.05, 4.69) is 10.6 Å². The molecule has 0 aromatic heterocycles. The Bertz CT molecular complexity index is 1360. The van der Waals surface area contributed by atoms with E-state index < -0.39 is 33.7 Å². The maximum Gasteiger partial charge on any atom is 0.251 e. The molecule has 1 aliphatic rings. The number of piperidine rings is 1.